The van der Waals surface area contributed by atoms with Crippen LogP contribution >= 0.6 is 15.9 Å². The number of hydrogen-bond acceptors (Lipinski definition) is 1. The van der Waals surface area contributed by atoms with Gasteiger partial charge in [-0.25, -0.2) is 0 Å². The molecule has 0 unspecified atom stereocenters. The first kappa shape index (κ1) is 9.59. The Morgan fingerprint density at radius 1 is 1.25 bits per heavy atom. The Bertz CT molecular complexity index is 258. The Labute approximate surface area is 81.9 Å². The maximum absolute atomic E-state index is 5.40. The zero-order valence-electron chi connectivity index (χ0n) is 7.43. The third-order valence-corrected chi connectivity index (χ3v) is 2.11. The second-order valence-electron chi connectivity index (χ2n) is 2.58. The van der Waals surface area contributed by atoms with Gasteiger partial charge in [0.25, 0.3) is 0 Å². The maximum Gasteiger partial charge on any atom is 0.120 e. The van der Waals surface area contributed by atoms with Crippen molar-refractivity contribution >= 4 is 15.9 Å². The fourth-order valence-electron chi connectivity index (χ4n) is 1.07. The molecule has 0 spiro atoms. The van der Waals surface area contributed by atoms with Crippen molar-refractivity contribution in [1.82, 2.24) is 0 Å². The first-order valence-electron chi connectivity index (χ1n) is 4.18. The Balaban J connectivity index is 2.90. The lowest BCUT2D eigenvalue weighted by atomic mass is 10.2. The highest BCUT2D eigenvalue weighted by atomic mass is 79.9. The summed E-state index contributed by atoms with van der Waals surface area (Å²) in [6, 6.07) is 6.18. The van der Waals surface area contributed by atoms with Crippen molar-refractivity contribution < 1.29 is 4.74 Å². The highest BCUT2D eigenvalue weighted by Gasteiger charge is 1.97. The van der Waals surface area contributed by atoms with Crippen LogP contribution in [0.3, 0.4) is 0 Å². The lowest BCUT2D eigenvalue weighted by molar-refractivity contribution is 0.339. The summed E-state index contributed by atoms with van der Waals surface area (Å²) in [5.74, 6) is 0.948. The van der Waals surface area contributed by atoms with Crippen LogP contribution in [0.4, 0.5) is 0 Å². The van der Waals surface area contributed by atoms with Crippen molar-refractivity contribution in [1.29, 1.82) is 0 Å². The third-order valence-electron chi connectivity index (χ3n) is 1.65. The lowest BCUT2D eigenvalue weighted by Crippen LogP contribution is -1.92. The molecule has 0 saturated carbocycles. The molecule has 0 aromatic heterocycles. The predicted octanol–water partition coefficient (Wildman–Crippen LogP) is 3.41. The second-order valence-corrected chi connectivity index (χ2v) is 3.50. The molecule has 0 bridgehead atoms. The minimum Gasteiger partial charge on any atom is -0.494 e. The molecule has 2 heteroatoms. The lowest BCUT2D eigenvalue weighted by Gasteiger charge is -2.05. The van der Waals surface area contributed by atoms with Crippen LogP contribution in [-0.2, 0) is 6.42 Å². The fraction of sp³-hybridized carbons (Fsp3) is 0.400. The van der Waals surface area contributed by atoms with Gasteiger partial charge < -0.3 is 4.74 Å². The van der Waals surface area contributed by atoms with Crippen LogP contribution in [0.15, 0.2) is 22.7 Å². The second kappa shape index (κ2) is 4.51. The first-order chi connectivity index (χ1) is 5.76. The maximum atomic E-state index is 5.40. The van der Waals surface area contributed by atoms with E-state index in [2.05, 4.69) is 35.0 Å². The molecule has 1 aromatic carbocycles. The zero-order valence-corrected chi connectivity index (χ0v) is 9.02. The summed E-state index contributed by atoms with van der Waals surface area (Å²) >= 11 is 3.44. The molecule has 1 nitrogen and oxygen atoms in total. The van der Waals surface area contributed by atoms with Crippen molar-refractivity contribution in [3.8, 4) is 5.75 Å². The van der Waals surface area contributed by atoms with Gasteiger partial charge in [0, 0.05) is 4.47 Å². The molecule has 0 aliphatic heterocycles. The van der Waals surface area contributed by atoms with E-state index >= 15 is 0 Å². The molecular formula is C10H13BrO. The number of benzene rings is 1. The van der Waals surface area contributed by atoms with E-state index in [1.54, 1.807) is 0 Å². The van der Waals surface area contributed by atoms with Gasteiger partial charge in [0.2, 0.25) is 0 Å². The van der Waals surface area contributed by atoms with Crippen LogP contribution in [0, 0.1) is 0 Å². The Hall–Kier alpha value is -0.500. The van der Waals surface area contributed by atoms with Gasteiger partial charge in [0.15, 0.2) is 0 Å². The van der Waals surface area contributed by atoms with Gasteiger partial charge in [0.1, 0.15) is 5.75 Å². The summed E-state index contributed by atoms with van der Waals surface area (Å²) in [5.41, 5.74) is 1.30. The normalized spacial score (nSPS) is 9.92. The highest BCUT2D eigenvalue weighted by Crippen LogP contribution is 2.21. The molecule has 0 saturated heterocycles. The van der Waals surface area contributed by atoms with Gasteiger partial charge in [-0.3, -0.25) is 0 Å². The van der Waals surface area contributed by atoms with Crippen LogP contribution in [0.25, 0.3) is 0 Å². The number of aryl methyl sites for hydroxylation is 1. The van der Waals surface area contributed by atoms with E-state index in [9.17, 15) is 0 Å². The highest BCUT2D eigenvalue weighted by molar-refractivity contribution is 9.10. The molecule has 0 radical (unpaired) electrons. The smallest absolute Gasteiger partial charge is 0.120 e. The molecular weight excluding hydrogens is 216 g/mol. The van der Waals surface area contributed by atoms with E-state index in [4.69, 9.17) is 4.74 Å². The van der Waals surface area contributed by atoms with Crippen LogP contribution in [0.5, 0.6) is 5.75 Å². The van der Waals surface area contributed by atoms with Gasteiger partial charge in [-0.2, -0.15) is 0 Å². The van der Waals surface area contributed by atoms with Crippen molar-refractivity contribution in [2.75, 3.05) is 6.61 Å². The summed E-state index contributed by atoms with van der Waals surface area (Å²) in [6.07, 6.45) is 1.04. The minimum absolute atomic E-state index is 0.722. The predicted molar refractivity (Wildman–Crippen MR) is 54.7 cm³/mol. The molecule has 0 amide bonds. The number of rotatable bonds is 3. The average Bonchev–Trinajstić information content (AvgIpc) is 2.04. The van der Waals surface area contributed by atoms with Crippen LogP contribution < -0.4 is 4.74 Å². The van der Waals surface area contributed by atoms with E-state index in [-0.39, 0.29) is 0 Å². The van der Waals surface area contributed by atoms with Gasteiger partial charge in [-0.05, 0) is 37.1 Å². The molecule has 1 rings (SSSR count). The summed E-state index contributed by atoms with van der Waals surface area (Å²) in [5, 5.41) is 0. The summed E-state index contributed by atoms with van der Waals surface area (Å²) < 4.78 is 6.49. The Kier molecular flexibility index (Phi) is 3.60. The van der Waals surface area contributed by atoms with Crippen molar-refractivity contribution in [2.45, 2.75) is 20.3 Å². The molecule has 0 aliphatic rings. The summed E-state index contributed by atoms with van der Waals surface area (Å²) in [7, 11) is 0. The SMILES string of the molecule is CCOc1cc(Br)cc(CC)c1. The summed E-state index contributed by atoms with van der Waals surface area (Å²) in [6.45, 7) is 4.85. The van der Waals surface area contributed by atoms with E-state index in [0.717, 1.165) is 23.2 Å². The van der Waals surface area contributed by atoms with Crippen LogP contribution in [0.1, 0.15) is 19.4 Å². The molecule has 0 atom stereocenters. The van der Waals surface area contributed by atoms with E-state index < -0.39 is 0 Å². The van der Waals surface area contributed by atoms with E-state index in [1.807, 2.05) is 13.0 Å². The molecule has 1 aromatic rings. The summed E-state index contributed by atoms with van der Waals surface area (Å²) in [4.78, 5) is 0. The number of halogens is 1. The first-order valence-corrected chi connectivity index (χ1v) is 4.97. The monoisotopic (exact) mass is 228 g/mol. The van der Waals surface area contributed by atoms with E-state index in [1.165, 1.54) is 5.56 Å². The Morgan fingerprint density at radius 2 is 2.00 bits per heavy atom. The number of hydrogen-bond donors (Lipinski definition) is 0. The Morgan fingerprint density at radius 3 is 2.58 bits per heavy atom. The zero-order chi connectivity index (χ0) is 8.97. The molecule has 0 heterocycles. The fourth-order valence-corrected chi connectivity index (χ4v) is 1.59. The number of ether oxygens (including phenoxy) is 1. The molecule has 0 aliphatic carbocycles. The molecule has 12 heavy (non-hydrogen) atoms. The quantitative estimate of drug-likeness (QED) is 0.771. The molecule has 66 valence electrons. The van der Waals surface area contributed by atoms with Crippen LogP contribution in [-0.4, -0.2) is 6.61 Å². The van der Waals surface area contributed by atoms with Gasteiger partial charge in [-0.1, -0.05) is 22.9 Å². The van der Waals surface area contributed by atoms with Crippen molar-refractivity contribution in [3.05, 3.63) is 28.2 Å². The molecule has 0 N–H and O–H groups in total. The molecule has 0 fully saturated rings. The van der Waals surface area contributed by atoms with Gasteiger partial charge in [-0.15, -0.1) is 0 Å². The van der Waals surface area contributed by atoms with Gasteiger partial charge in [0.05, 0.1) is 6.61 Å². The van der Waals surface area contributed by atoms with E-state index in [0.29, 0.717) is 0 Å². The third kappa shape index (κ3) is 2.52. The van der Waals surface area contributed by atoms with Crippen molar-refractivity contribution in [2.24, 2.45) is 0 Å². The average molecular weight is 229 g/mol. The standard InChI is InChI=1S/C10H13BrO/c1-3-8-5-9(11)7-10(6-8)12-4-2/h5-7H,3-4H2,1-2H3. The minimum atomic E-state index is 0.722. The topological polar surface area (TPSA) is 9.23 Å². The van der Waals surface area contributed by atoms with Gasteiger partial charge >= 0.3 is 0 Å². The largest absolute Gasteiger partial charge is 0.494 e. The van der Waals surface area contributed by atoms with Crippen molar-refractivity contribution in [3.63, 3.8) is 0 Å². The van der Waals surface area contributed by atoms with Crippen LogP contribution in [0.2, 0.25) is 0 Å².